The van der Waals surface area contributed by atoms with Crippen molar-refractivity contribution in [2.24, 2.45) is 16.3 Å². The first kappa shape index (κ1) is 29.1. The van der Waals surface area contributed by atoms with Gasteiger partial charge in [0.25, 0.3) is 11.6 Å². The second-order valence-corrected chi connectivity index (χ2v) is 13.7. The van der Waals surface area contributed by atoms with Gasteiger partial charge in [-0.05, 0) is 84.2 Å². The van der Waals surface area contributed by atoms with Gasteiger partial charge in [-0.3, -0.25) is 14.9 Å². The molecule has 10 heteroatoms. The molecule has 0 unspecified atom stereocenters. The third kappa shape index (κ3) is 6.92. The molecule has 0 saturated heterocycles. The van der Waals surface area contributed by atoms with Crippen LogP contribution >= 0.6 is 34.7 Å². The molecule has 2 aromatic carbocycles. The molecule has 1 aliphatic carbocycles. The van der Waals surface area contributed by atoms with Gasteiger partial charge in [0, 0.05) is 27.1 Å². The number of hydrogen-bond acceptors (Lipinski definition) is 7. The summed E-state index contributed by atoms with van der Waals surface area (Å²) in [6.45, 7) is 7.06. The maximum atomic E-state index is 13.4. The number of carbonyl (C=O) groups is 1. The van der Waals surface area contributed by atoms with Crippen molar-refractivity contribution < 1.29 is 14.1 Å². The van der Waals surface area contributed by atoms with E-state index in [1.54, 1.807) is 42.8 Å². The lowest BCUT2D eigenvalue weighted by molar-refractivity contribution is -0.387. The van der Waals surface area contributed by atoms with Crippen molar-refractivity contribution in [1.29, 1.82) is 0 Å². The highest BCUT2D eigenvalue weighted by Gasteiger charge is 2.33. The Bertz CT molecular complexity index is 1590. The fourth-order valence-electron chi connectivity index (χ4n) is 4.91. The quantitative estimate of drug-likeness (QED) is 0.122. The second kappa shape index (κ2) is 12.2. The highest BCUT2D eigenvalue weighted by Crippen LogP contribution is 2.45. The van der Waals surface area contributed by atoms with Gasteiger partial charge in [-0.15, -0.1) is 11.3 Å². The molecule has 2 aromatic heterocycles. The minimum atomic E-state index is -0.389. The van der Waals surface area contributed by atoms with E-state index < -0.39 is 0 Å². The van der Waals surface area contributed by atoms with Gasteiger partial charge in [-0.2, -0.15) is 0 Å². The number of amides is 1. The number of halogens is 1. The fraction of sp³-hybridized carbons (Fsp3) is 0.290. The number of nitro groups is 1. The third-order valence-corrected chi connectivity index (χ3v) is 9.74. The van der Waals surface area contributed by atoms with Crippen molar-refractivity contribution in [2.45, 2.75) is 56.4 Å². The molecule has 5 rings (SSSR count). The summed E-state index contributed by atoms with van der Waals surface area (Å²) >= 11 is 8.81. The van der Waals surface area contributed by atoms with Gasteiger partial charge < -0.3 is 9.73 Å². The first-order chi connectivity index (χ1) is 19.6. The van der Waals surface area contributed by atoms with E-state index >= 15 is 0 Å². The largest absolute Gasteiger partial charge is 0.467 e. The Kier molecular flexibility index (Phi) is 8.68. The molecule has 41 heavy (non-hydrogen) atoms. The zero-order chi connectivity index (χ0) is 29.1. The van der Waals surface area contributed by atoms with Crippen LogP contribution in [-0.4, -0.2) is 17.0 Å². The van der Waals surface area contributed by atoms with Crippen LogP contribution in [0.3, 0.4) is 0 Å². The number of aliphatic imine (C=N–C) groups is 1. The molecule has 0 saturated carbocycles. The number of nitro benzene ring substituents is 1. The predicted molar refractivity (Wildman–Crippen MR) is 165 cm³/mol. The van der Waals surface area contributed by atoms with Gasteiger partial charge in [0.1, 0.15) is 10.8 Å². The SMILES string of the molecule is CC(C)(C)[C@@H]1CCc2c(sc(N=Cc3ccc(Sc4ccc(Cl)cc4)c([N+](=O)[O-])c3)c2C(=O)NCc2ccco2)C1. The molecule has 0 fully saturated rings. The van der Waals surface area contributed by atoms with Crippen molar-refractivity contribution in [3.63, 3.8) is 0 Å². The number of fused-ring (bicyclic) bond motifs is 1. The van der Waals surface area contributed by atoms with Crippen molar-refractivity contribution >= 4 is 57.5 Å². The van der Waals surface area contributed by atoms with Crippen LogP contribution in [-0.2, 0) is 19.4 Å². The first-order valence-corrected chi connectivity index (χ1v) is 15.3. The summed E-state index contributed by atoms with van der Waals surface area (Å²) in [6.07, 6.45) is 5.91. The third-order valence-electron chi connectivity index (χ3n) is 7.25. The van der Waals surface area contributed by atoms with Crippen LogP contribution in [0.25, 0.3) is 0 Å². The maximum Gasteiger partial charge on any atom is 0.283 e. The lowest BCUT2D eigenvalue weighted by Crippen LogP contribution is -2.28. The Hall–Kier alpha value is -3.40. The van der Waals surface area contributed by atoms with Crippen LogP contribution in [0, 0.1) is 21.4 Å². The van der Waals surface area contributed by atoms with E-state index in [0.29, 0.717) is 37.7 Å². The molecular weight excluding hydrogens is 578 g/mol. The number of hydrogen-bond donors (Lipinski definition) is 1. The summed E-state index contributed by atoms with van der Waals surface area (Å²) in [5, 5.41) is 16.1. The number of nitrogens with zero attached hydrogens (tertiary/aromatic N) is 2. The fourth-order valence-corrected chi connectivity index (χ4v) is 7.21. The van der Waals surface area contributed by atoms with Gasteiger partial charge >= 0.3 is 0 Å². The van der Waals surface area contributed by atoms with Crippen molar-refractivity contribution in [3.05, 3.63) is 103 Å². The van der Waals surface area contributed by atoms with Crippen molar-refractivity contribution in [3.8, 4) is 0 Å². The van der Waals surface area contributed by atoms with E-state index in [1.165, 1.54) is 34.0 Å². The summed E-state index contributed by atoms with van der Waals surface area (Å²) in [6, 6.07) is 15.8. The summed E-state index contributed by atoms with van der Waals surface area (Å²) in [5.74, 6) is 0.989. The first-order valence-electron chi connectivity index (χ1n) is 13.3. The normalized spacial score (nSPS) is 15.2. The molecule has 7 nitrogen and oxygen atoms in total. The average molecular weight is 608 g/mol. The van der Waals surface area contributed by atoms with Gasteiger partial charge in [-0.1, -0.05) is 50.2 Å². The summed E-state index contributed by atoms with van der Waals surface area (Å²) < 4.78 is 5.38. The zero-order valence-electron chi connectivity index (χ0n) is 23.0. The van der Waals surface area contributed by atoms with E-state index in [-0.39, 0.29) is 28.5 Å². The van der Waals surface area contributed by atoms with Gasteiger partial charge in [0.05, 0.1) is 28.2 Å². The lowest BCUT2D eigenvalue weighted by atomic mass is 9.72. The number of furan rings is 1. The van der Waals surface area contributed by atoms with Crippen LogP contribution in [0.4, 0.5) is 10.7 Å². The Balaban J connectivity index is 1.44. The molecule has 1 atom stereocenters. The number of nitrogens with one attached hydrogen (secondary N) is 1. The van der Waals surface area contributed by atoms with Gasteiger partial charge in [0.2, 0.25) is 0 Å². The summed E-state index contributed by atoms with van der Waals surface area (Å²) in [7, 11) is 0. The molecule has 0 aliphatic heterocycles. The Morgan fingerprint density at radius 1 is 1.24 bits per heavy atom. The average Bonchev–Trinajstić information content (AvgIpc) is 3.59. The highest BCUT2D eigenvalue weighted by atomic mass is 35.5. The van der Waals surface area contributed by atoms with Crippen molar-refractivity contribution in [2.75, 3.05) is 0 Å². The maximum absolute atomic E-state index is 13.4. The van der Waals surface area contributed by atoms with Crippen LogP contribution in [0.2, 0.25) is 5.02 Å². The van der Waals surface area contributed by atoms with E-state index in [2.05, 4.69) is 26.1 Å². The number of thiophene rings is 1. The Labute approximate surface area is 252 Å². The summed E-state index contributed by atoms with van der Waals surface area (Å²) in [5.41, 5.74) is 2.38. The second-order valence-electron chi connectivity index (χ2n) is 11.1. The molecule has 0 spiro atoms. The van der Waals surface area contributed by atoms with Crippen LogP contribution in [0.5, 0.6) is 0 Å². The van der Waals surface area contributed by atoms with Crippen LogP contribution < -0.4 is 5.32 Å². The Morgan fingerprint density at radius 3 is 2.71 bits per heavy atom. The molecule has 1 amide bonds. The van der Waals surface area contributed by atoms with Crippen molar-refractivity contribution in [1.82, 2.24) is 5.32 Å². The molecule has 1 N–H and O–H groups in total. The molecule has 0 bridgehead atoms. The predicted octanol–water partition coefficient (Wildman–Crippen LogP) is 8.89. The van der Waals surface area contributed by atoms with E-state index in [1.807, 2.05) is 18.2 Å². The number of rotatable bonds is 8. The van der Waals surface area contributed by atoms with E-state index in [4.69, 9.17) is 21.0 Å². The minimum Gasteiger partial charge on any atom is -0.467 e. The topological polar surface area (TPSA) is 97.7 Å². The minimum absolute atomic E-state index is 0.0104. The molecule has 2 heterocycles. The number of carbonyl (C=O) groups excluding carboxylic acids is 1. The van der Waals surface area contributed by atoms with Crippen LogP contribution in [0.1, 0.15) is 59.3 Å². The smallest absolute Gasteiger partial charge is 0.283 e. The summed E-state index contributed by atoms with van der Waals surface area (Å²) in [4.78, 5) is 32.3. The Morgan fingerprint density at radius 2 is 2.02 bits per heavy atom. The van der Waals surface area contributed by atoms with E-state index in [0.717, 1.165) is 29.7 Å². The standard InChI is InChI=1S/C31H30ClN3O4S2/c1-31(2,3)20-7-12-24-27(16-20)41-30(28(24)29(36)33-18-22-5-4-14-39-22)34-17-19-6-13-26(25(15-19)35(37)38)40-23-10-8-21(32)9-11-23/h4-6,8-11,13-15,17,20H,7,12,16,18H2,1-3H3,(H,33,36)/t20-/m1/s1. The van der Waals surface area contributed by atoms with E-state index in [9.17, 15) is 14.9 Å². The molecular formula is C31H30ClN3O4S2. The van der Waals surface area contributed by atoms with Gasteiger partial charge in [-0.25, -0.2) is 4.99 Å². The molecule has 1 aliphatic rings. The zero-order valence-corrected chi connectivity index (χ0v) is 25.4. The lowest BCUT2D eigenvalue weighted by Gasteiger charge is -2.33. The molecule has 212 valence electrons. The van der Waals surface area contributed by atoms with Gasteiger partial charge in [0.15, 0.2) is 0 Å². The molecule has 0 radical (unpaired) electrons. The van der Waals surface area contributed by atoms with Crippen LogP contribution in [0.15, 0.2) is 80.1 Å². The number of benzene rings is 2. The monoisotopic (exact) mass is 607 g/mol. The highest BCUT2D eigenvalue weighted by molar-refractivity contribution is 7.99. The molecule has 4 aromatic rings.